The maximum absolute atomic E-state index is 13.2. The summed E-state index contributed by atoms with van der Waals surface area (Å²) >= 11 is 5.64. The number of carboxylic acid groups (broad SMARTS) is 1. The van der Waals surface area contributed by atoms with Gasteiger partial charge in [-0.15, -0.1) is 11.6 Å². The van der Waals surface area contributed by atoms with Crippen molar-refractivity contribution in [3.63, 3.8) is 0 Å². The van der Waals surface area contributed by atoms with Crippen molar-refractivity contribution < 1.29 is 32.7 Å². The second kappa shape index (κ2) is 15.9. The summed E-state index contributed by atoms with van der Waals surface area (Å²) in [7, 11) is -0.556. The second-order valence-corrected chi connectivity index (χ2v) is 11.5. The molecule has 2 rings (SSSR count). The number of ketones is 1. The lowest BCUT2D eigenvalue weighted by Gasteiger charge is -2.20. The van der Waals surface area contributed by atoms with E-state index in [0.717, 1.165) is 11.1 Å². The van der Waals surface area contributed by atoms with Crippen molar-refractivity contribution >= 4 is 67.6 Å². The lowest BCUT2D eigenvalue weighted by Crippen LogP contribution is -2.51. The number of alkyl halides is 1. The maximum Gasteiger partial charge on any atom is 0.303 e. The monoisotopic (exact) mass is 625 g/mol. The predicted octanol–water partition coefficient (Wildman–Crippen LogP) is -0.120. The van der Waals surface area contributed by atoms with Crippen molar-refractivity contribution in [2.45, 2.75) is 42.7 Å². The number of carbonyl (C=O) groups is 4. The van der Waals surface area contributed by atoms with Gasteiger partial charge in [0.05, 0.1) is 23.4 Å². The number of rotatable bonds is 17. The van der Waals surface area contributed by atoms with Gasteiger partial charge >= 0.3 is 5.97 Å². The third-order valence-corrected chi connectivity index (χ3v) is 7.84. The Bertz CT molecular complexity index is 1430. The zero-order chi connectivity index (χ0) is 31.4. The molecule has 0 unspecified atom stereocenters. The molecule has 42 heavy (non-hydrogen) atoms. The van der Waals surface area contributed by atoms with Crippen molar-refractivity contribution in [3.8, 4) is 0 Å². The Balaban J connectivity index is 2.13. The number of carbonyl (C=O) groups excluding carboxylic acids is 3. The smallest absolute Gasteiger partial charge is 0.303 e. The van der Waals surface area contributed by atoms with Crippen LogP contribution in [-0.2, 0) is 29.2 Å². The summed E-state index contributed by atoms with van der Waals surface area (Å²) in [4.78, 5) is 54.3. The van der Waals surface area contributed by atoms with Gasteiger partial charge in [0.2, 0.25) is 21.8 Å². The minimum Gasteiger partial charge on any atom is -0.481 e. The van der Waals surface area contributed by atoms with E-state index in [2.05, 4.69) is 20.3 Å². The van der Waals surface area contributed by atoms with E-state index in [9.17, 15) is 27.6 Å². The molecule has 0 saturated heterocycles. The molecular weight excluding hydrogens is 590 g/mol. The Morgan fingerprint density at radius 2 is 1.79 bits per heavy atom. The number of carboxylic acids is 1. The van der Waals surface area contributed by atoms with E-state index in [1.165, 1.54) is 12.1 Å². The van der Waals surface area contributed by atoms with Gasteiger partial charge in [-0.3, -0.25) is 24.2 Å². The summed E-state index contributed by atoms with van der Waals surface area (Å²) in [5, 5.41) is 15.3. The third-order valence-electron chi connectivity index (χ3n) is 6.11. The van der Waals surface area contributed by atoms with Crippen molar-refractivity contribution in [1.82, 2.24) is 15.4 Å². The predicted molar refractivity (Wildman–Crippen MR) is 160 cm³/mol. The molecule has 230 valence electrons. The van der Waals surface area contributed by atoms with Crippen LogP contribution < -0.4 is 31.7 Å². The molecule has 0 bridgehead atoms. The summed E-state index contributed by atoms with van der Waals surface area (Å²) in [6.07, 6.45) is -0.343. The van der Waals surface area contributed by atoms with Crippen LogP contribution in [0.3, 0.4) is 0 Å². The third kappa shape index (κ3) is 10.5. The Hall–Kier alpha value is -3.95. The fourth-order valence-corrected chi connectivity index (χ4v) is 5.47. The molecule has 2 aromatic carbocycles. The van der Waals surface area contributed by atoms with Gasteiger partial charge in [-0.2, -0.15) is 4.72 Å². The summed E-state index contributed by atoms with van der Waals surface area (Å²) in [5.74, 6) is -3.83. The number of anilines is 1. The van der Waals surface area contributed by atoms with Gasteiger partial charge in [-0.1, -0.05) is 18.2 Å². The molecule has 2 amide bonds. The number of guanidine groups is 1. The van der Waals surface area contributed by atoms with E-state index in [0.29, 0.717) is 11.8 Å². The number of sulfonamides is 1. The minimum absolute atomic E-state index is 0.117. The molecule has 0 saturated carbocycles. The van der Waals surface area contributed by atoms with Gasteiger partial charge in [0, 0.05) is 38.1 Å². The van der Waals surface area contributed by atoms with E-state index in [1.807, 2.05) is 25.1 Å². The Labute approximate surface area is 248 Å². The molecule has 0 radical (unpaired) electrons. The molecule has 0 aliphatic heterocycles. The van der Waals surface area contributed by atoms with Crippen molar-refractivity contribution in [3.05, 3.63) is 36.4 Å². The molecule has 16 heteroatoms. The van der Waals surface area contributed by atoms with Gasteiger partial charge in [-0.25, -0.2) is 8.42 Å². The molecule has 14 nitrogen and oxygen atoms in total. The molecule has 0 spiro atoms. The summed E-state index contributed by atoms with van der Waals surface area (Å²) in [6.45, 7) is -0.381. The van der Waals surface area contributed by atoms with Crippen LogP contribution in [-0.4, -0.2) is 88.2 Å². The first-order valence-electron chi connectivity index (χ1n) is 12.9. The van der Waals surface area contributed by atoms with Gasteiger partial charge in [0.1, 0.15) is 6.04 Å². The highest BCUT2D eigenvalue weighted by Crippen LogP contribution is 2.27. The normalized spacial score (nSPS) is 12.6. The van der Waals surface area contributed by atoms with Gasteiger partial charge in [0.15, 0.2) is 11.7 Å². The first kappa shape index (κ1) is 34.3. The molecular formula is C26H36ClN7O7S. The highest BCUT2D eigenvalue weighted by atomic mass is 35.5. The quantitative estimate of drug-likeness (QED) is 0.0591. The standard InChI is InChI=1S/C26H36ClN7O7S/c1-34(2)21-7-3-5-16-13-17(8-9-18(16)21)42(40,41)33-20(10-11-24(37)38)25(39)31-15-23(36)32-19(22(35)14-27)6-4-12-30-26(28)29/h3,5,7-9,13,19-20,33H,4,6,10-12,14-15H2,1-2H3,(H,31,39)(H,32,36)(H,37,38)(H4,28,29,30)/t19-,20-/m0/s1. The van der Waals surface area contributed by atoms with Crippen LogP contribution >= 0.6 is 11.6 Å². The van der Waals surface area contributed by atoms with Crippen molar-refractivity contribution in [1.29, 1.82) is 0 Å². The van der Waals surface area contributed by atoms with E-state index >= 15 is 0 Å². The second-order valence-electron chi connectivity index (χ2n) is 9.55. The van der Waals surface area contributed by atoms with Crippen LogP contribution in [0.5, 0.6) is 0 Å². The Kier molecular flexibility index (Phi) is 13.0. The number of halogens is 1. The Morgan fingerprint density at radius 3 is 2.40 bits per heavy atom. The number of aliphatic carboxylic acids is 1. The number of nitrogens with one attached hydrogen (secondary N) is 3. The highest BCUT2D eigenvalue weighted by molar-refractivity contribution is 7.89. The molecule has 0 aliphatic carbocycles. The summed E-state index contributed by atoms with van der Waals surface area (Å²) in [6, 6.07) is 7.45. The van der Waals surface area contributed by atoms with E-state index in [-0.39, 0.29) is 36.1 Å². The number of Topliss-reactive ketones (excluding diaryl/α,β-unsaturated/α-hetero) is 1. The topological polar surface area (TPSA) is 226 Å². The number of benzene rings is 2. The summed E-state index contributed by atoms with van der Waals surface area (Å²) < 4.78 is 28.7. The molecule has 0 aliphatic rings. The van der Waals surface area contributed by atoms with Crippen LogP contribution in [0.4, 0.5) is 5.69 Å². The number of amides is 2. The number of hydrogen-bond acceptors (Lipinski definition) is 8. The number of aliphatic imine (C=N–C) groups is 1. The first-order valence-corrected chi connectivity index (χ1v) is 14.9. The van der Waals surface area contributed by atoms with E-state index in [1.54, 1.807) is 18.2 Å². The number of nitrogens with two attached hydrogens (primary N) is 2. The SMILES string of the molecule is CN(C)c1cccc2cc(S(=O)(=O)N[C@@H](CCC(=O)O)C(=O)NCC(=O)N[C@@H](CCCN=C(N)N)C(=O)CCl)ccc12. The van der Waals surface area contributed by atoms with Crippen molar-refractivity contribution in [2.24, 2.45) is 16.5 Å². The molecule has 8 N–H and O–H groups in total. The molecule has 0 fully saturated rings. The minimum atomic E-state index is -4.27. The van der Waals surface area contributed by atoms with Crippen LogP contribution in [0.25, 0.3) is 10.8 Å². The van der Waals surface area contributed by atoms with Crippen LogP contribution in [0.15, 0.2) is 46.3 Å². The molecule has 0 heterocycles. The fraction of sp³-hybridized carbons (Fsp3) is 0.423. The van der Waals surface area contributed by atoms with E-state index in [4.69, 9.17) is 28.2 Å². The van der Waals surface area contributed by atoms with Crippen LogP contribution in [0, 0.1) is 0 Å². The number of fused-ring (bicyclic) bond motifs is 1. The van der Waals surface area contributed by atoms with Crippen molar-refractivity contribution in [2.75, 3.05) is 38.0 Å². The van der Waals surface area contributed by atoms with Crippen LogP contribution in [0.1, 0.15) is 25.7 Å². The zero-order valence-corrected chi connectivity index (χ0v) is 24.9. The average Bonchev–Trinajstić information content (AvgIpc) is 2.94. The van der Waals surface area contributed by atoms with E-state index < -0.39 is 58.6 Å². The zero-order valence-electron chi connectivity index (χ0n) is 23.3. The first-order chi connectivity index (χ1) is 19.7. The average molecular weight is 626 g/mol. The summed E-state index contributed by atoms with van der Waals surface area (Å²) in [5.41, 5.74) is 11.4. The number of nitrogens with zero attached hydrogens (tertiary/aromatic N) is 2. The van der Waals surface area contributed by atoms with Gasteiger partial charge in [-0.05, 0) is 42.8 Å². The lowest BCUT2D eigenvalue weighted by molar-refractivity contribution is -0.137. The molecule has 0 aromatic heterocycles. The molecule has 2 atom stereocenters. The fourth-order valence-electron chi connectivity index (χ4n) is 4.01. The number of hydrogen-bond donors (Lipinski definition) is 6. The lowest BCUT2D eigenvalue weighted by atomic mass is 10.1. The van der Waals surface area contributed by atoms with Gasteiger partial charge < -0.3 is 32.1 Å². The van der Waals surface area contributed by atoms with Gasteiger partial charge in [0.25, 0.3) is 0 Å². The highest BCUT2D eigenvalue weighted by Gasteiger charge is 2.27. The van der Waals surface area contributed by atoms with Crippen LogP contribution in [0.2, 0.25) is 0 Å². The maximum atomic E-state index is 13.2. The Morgan fingerprint density at radius 1 is 1.07 bits per heavy atom. The molecule has 2 aromatic rings. The largest absolute Gasteiger partial charge is 0.481 e.